The fourth-order valence-electron chi connectivity index (χ4n) is 2.69. The summed E-state index contributed by atoms with van der Waals surface area (Å²) >= 11 is 0. The second-order valence-electron chi connectivity index (χ2n) is 7.78. The highest BCUT2D eigenvalue weighted by molar-refractivity contribution is 5.96. The van der Waals surface area contributed by atoms with Gasteiger partial charge < -0.3 is 15.6 Å². The number of H-pyrrole nitrogens is 1. The lowest BCUT2D eigenvalue weighted by molar-refractivity contribution is -0.122. The molecule has 0 radical (unpaired) electrons. The molecule has 6 nitrogen and oxygen atoms in total. The lowest BCUT2D eigenvalue weighted by Gasteiger charge is -2.31. The number of fused-ring (bicyclic) bond motifs is 1. The SMILES string of the molecule is CC(F)CC(=O)NC[C@@H](NC(=O)c1cc2ccccc2c(=O)[nH]1)C(C)(C)C. The number of alkyl halides is 1. The van der Waals surface area contributed by atoms with Crippen molar-refractivity contribution in [2.24, 2.45) is 5.41 Å². The molecule has 2 amide bonds. The van der Waals surface area contributed by atoms with Crippen molar-refractivity contribution in [2.45, 2.75) is 46.3 Å². The normalized spacial score (nSPS) is 13.8. The minimum atomic E-state index is -1.23. The van der Waals surface area contributed by atoms with Crippen molar-refractivity contribution in [1.82, 2.24) is 15.6 Å². The van der Waals surface area contributed by atoms with Crippen LogP contribution in [-0.2, 0) is 4.79 Å². The highest BCUT2D eigenvalue weighted by Crippen LogP contribution is 2.19. The van der Waals surface area contributed by atoms with Gasteiger partial charge in [-0.15, -0.1) is 0 Å². The number of carbonyl (C=O) groups is 2. The maximum atomic E-state index is 12.9. The van der Waals surface area contributed by atoms with Gasteiger partial charge in [-0.1, -0.05) is 39.0 Å². The van der Waals surface area contributed by atoms with E-state index in [1.807, 2.05) is 20.8 Å². The number of amides is 2. The second kappa shape index (κ2) is 8.33. The standard InChI is InChI=1S/C20H26FN3O3/c1-12(21)9-17(25)22-11-16(20(2,3)4)24-19(27)15-10-13-7-5-6-8-14(13)18(26)23-15/h5-8,10,12,16H,9,11H2,1-4H3,(H,22,25)(H,23,26)(H,24,27)/t12?,16-/m1/s1. The summed E-state index contributed by atoms with van der Waals surface area (Å²) in [4.78, 5) is 39.2. The van der Waals surface area contributed by atoms with Gasteiger partial charge in [0.1, 0.15) is 11.9 Å². The van der Waals surface area contributed by atoms with Crippen LogP contribution in [0.5, 0.6) is 0 Å². The average Bonchev–Trinajstić information content (AvgIpc) is 2.56. The zero-order chi connectivity index (χ0) is 20.2. The summed E-state index contributed by atoms with van der Waals surface area (Å²) in [7, 11) is 0. The largest absolute Gasteiger partial charge is 0.354 e. The molecule has 0 aliphatic carbocycles. The van der Waals surface area contributed by atoms with Gasteiger partial charge in [0.05, 0.1) is 12.5 Å². The van der Waals surface area contributed by atoms with Gasteiger partial charge in [0, 0.05) is 11.9 Å². The van der Waals surface area contributed by atoms with Gasteiger partial charge >= 0.3 is 0 Å². The number of hydrogen-bond donors (Lipinski definition) is 3. The molecule has 2 aromatic rings. The Morgan fingerprint density at radius 3 is 2.52 bits per heavy atom. The molecule has 0 aliphatic heterocycles. The van der Waals surface area contributed by atoms with E-state index in [1.54, 1.807) is 30.3 Å². The van der Waals surface area contributed by atoms with Gasteiger partial charge in [-0.25, -0.2) is 4.39 Å². The van der Waals surface area contributed by atoms with E-state index in [0.29, 0.717) is 10.8 Å². The molecule has 7 heteroatoms. The molecule has 0 fully saturated rings. The molecule has 0 aliphatic rings. The van der Waals surface area contributed by atoms with Crippen molar-refractivity contribution in [2.75, 3.05) is 6.54 Å². The van der Waals surface area contributed by atoms with E-state index >= 15 is 0 Å². The number of rotatable bonds is 6. The van der Waals surface area contributed by atoms with E-state index in [0.717, 1.165) is 0 Å². The summed E-state index contributed by atoms with van der Waals surface area (Å²) in [5, 5.41) is 6.69. The van der Waals surface area contributed by atoms with E-state index < -0.39 is 24.0 Å². The number of hydrogen-bond acceptors (Lipinski definition) is 3. The van der Waals surface area contributed by atoms with Crippen molar-refractivity contribution < 1.29 is 14.0 Å². The molecule has 2 atom stereocenters. The molecule has 27 heavy (non-hydrogen) atoms. The molecular formula is C20H26FN3O3. The van der Waals surface area contributed by atoms with Crippen LogP contribution in [0.1, 0.15) is 44.6 Å². The Labute approximate surface area is 157 Å². The topological polar surface area (TPSA) is 91.1 Å². The number of aromatic amines is 1. The quantitative estimate of drug-likeness (QED) is 0.725. The van der Waals surface area contributed by atoms with E-state index in [9.17, 15) is 18.8 Å². The van der Waals surface area contributed by atoms with Gasteiger partial charge in [0.15, 0.2) is 0 Å². The van der Waals surface area contributed by atoms with E-state index in [4.69, 9.17) is 0 Å². The third kappa shape index (κ3) is 5.64. The molecule has 0 saturated carbocycles. The number of halogens is 1. The summed E-state index contributed by atoms with van der Waals surface area (Å²) in [6.07, 6.45) is -1.45. The molecule has 0 saturated heterocycles. The van der Waals surface area contributed by atoms with Crippen molar-refractivity contribution in [3.05, 3.63) is 46.4 Å². The fraction of sp³-hybridized carbons (Fsp3) is 0.450. The summed E-state index contributed by atoms with van der Waals surface area (Å²) in [5.41, 5.74) is -0.547. The Morgan fingerprint density at radius 2 is 1.89 bits per heavy atom. The zero-order valence-electron chi connectivity index (χ0n) is 16.1. The lowest BCUT2D eigenvalue weighted by atomic mass is 9.86. The maximum absolute atomic E-state index is 12.9. The third-order valence-electron chi connectivity index (χ3n) is 4.32. The second-order valence-corrected chi connectivity index (χ2v) is 7.78. The first-order valence-electron chi connectivity index (χ1n) is 8.91. The first-order valence-corrected chi connectivity index (χ1v) is 8.91. The summed E-state index contributed by atoms with van der Waals surface area (Å²) in [5.74, 6) is -0.849. The molecular weight excluding hydrogens is 349 g/mol. The maximum Gasteiger partial charge on any atom is 0.268 e. The van der Waals surface area contributed by atoms with Crippen molar-refractivity contribution in [3.8, 4) is 0 Å². The minimum absolute atomic E-state index is 0.150. The smallest absolute Gasteiger partial charge is 0.268 e. The lowest BCUT2D eigenvalue weighted by Crippen LogP contribution is -2.51. The fourth-order valence-corrected chi connectivity index (χ4v) is 2.69. The Bertz CT molecular complexity index is 884. The van der Waals surface area contributed by atoms with Crippen LogP contribution in [0.15, 0.2) is 35.1 Å². The van der Waals surface area contributed by atoms with Gasteiger partial charge in [-0.2, -0.15) is 0 Å². The van der Waals surface area contributed by atoms with Crippen LogP contribution in [0, 0.1) is 5.41 Å². The summed E-state index contributed by atoms with van der Waals surface area (Å²) in [6.45, 7) is 7.25. The predicted molar refractivity (Wildman–Crippen MR) is 103 cm³/mol. The Kier molecular flexibility index (Phi) is 6.36. The Balaban J connectivity index is 2.16. The van der Waals surface area contributed by atoms with E-state index in [1.165, 1.54) is 6.92 Å². The first-order chi connectivity index (χ1) is 12.6. The van der Waals surface area contributed by atoms with Crippen molar-refractivity contribution in [3.63, 3.8) is 0 Å². The summed E-state index contributed by atoms with van der Waals surface area (Å²) in [6, 6.07) is 8.22. The third-order valence-corrected chi connectivity index (χ3v) is 4.32. The number of aromatic nitrogens is 1. The van der Waals surface area contributed by atoms with Crippen LogP contribution < -0.4 is 16.2 Å². The highest BCUT2D eigenvalue weighted by Gasteiger charge is 2.27. The molecule has 0 spiro atoms. The predicted octanol–water partition coefficient (Wildman–Crippen LogP) is 2.54. The first kappa shape index (κ1) is 20.6. The minimum Gasteiger partial charge on any atom is -0.354 e. The molecule has 3 N–H and O–H groups in total. The van der Waals surface area contributed by atoms with Crippen molar-refractivity contribution in [1.29, 1.82) is 0 Å². The van der Waals surface area contributed by atoms with Gasteiger partial charge in [0.25, 0.3) is 11.5 Å². The van der Waals surface area contributed by atoms with Crippen LogP contribution >= 0.6 is 0 Å². The molecule has 1 unspecified atom stereocenters. The van der Waals surface area contributed by atoms with Crippen LogP contribution in [0.2, 0.25) is 0 Å². The monoisotopic (exact) mass is 375 g/mol. The number of pyridine rings is 1. The molecule has 1 aromatic heterocycles. The molecule has 2 rings (SSSR count). The molecule has 1 aromatic carbocycles. The van der Waals surface area contributed by atoms with Gasteiger partial charge in [-0.05, 0) is 29.9 Å². The number of carbonyl (C=O) groups excluding carboxylic acids is 2. The van der Waals surface area contributed by atoms with Crippen LogP contribution in [0.25, 0.3) is 10.8 Å². The summed E-state index contributed by atoms with van der Waals surface area (Å²) < 4.78 is 12.9. The Morgan fingerprint density at radius 1 is 1.22 bits per heavy atom. The average molecular weight is 375 g/mol. The van der Waals surface area contributed by atoms with Crippen LogP contribution in [0.3, 0.4) is 0 Å². The van der Waals surface area contributed by atoms with Crippen LogP contribution in [0.4, 0.5) is 4.39 Å². The van der Waals surface area contributed by atoms with Crippen molar-refractivity contribution >= 4 is 22.6 Å². The Hall–Kier alpha value is -2.70. The molecule has 1 heterocycles. The van der Waals surface area contributed by atoms with E-state index in [2.05, 4.69) is 15.6 Å². The zero-order valence-corrected chi connectivity index (χ0v) is 16.1. The number of benzene rings is 1. The van der Waals surface area contributed by atoms with Gasteiger partial charge in [-0.3, -0.25) is 14.4 Å². The highest BCUT2D eigenvalue weighted by atomic mass is 19.1. The van der Waals surface area contributed by atoms with Crippen LogP contribution in [-0.4, -0.2) is 35.6 Å². The van der Waals surface area contributed by atoms with Gasteiger partial charge in [0.2, 0.25) is 5.91 Å². The van der Waals surface area contributed by atoms with E-state index in [-0.39, 0.29) is 29.6 Å². The molecule has 0 bridgehead atoms. The molecule has 146 valence electrons. The number of nitrogens with one attached hydrogen (secondary N) is 3.